The van der Waals surface area contributed by atoms with Crippen LogP contribution < -0.4 is 0 Å². The molecule has 118 valence electrons. The molecule has 1 heterocycles. The Morgan fingerprint density at radius 3 is 2.39 bits per heavy atom. The normalized spacial score (nSPS) is 12.5. The van der Waals surface area contributed by atoms with Gasteiger partial charge in [0.1, 0.15) is 0 Å². The Labute approximate surface area is 136 Å². The van der Waals surface area contributed by atoms with E-state index in [1.165, 1.54) is 11.1 Å². The number of benzene rings is 2. The zero-order valence-electron chi connectivity index (χ0n) is 13.7. The summed E-state index contributed by atoms with van der Waals surface area (Å²) in [4.78, 5) is 2.20. The molecule has 0 unspecified atom stereocenters. The van der Waals surface area contributed by atoms with Gasteiger partial charge in [0, 0.05) is 11.6 Å². The first-order chi connectivity index (χ1) is 11.1. The molecular weight excluding hydrogens is 286 g/mol. The van der Waals surface area contributed by atoms with E-state index in [4.69, 9.17) is 4.42 Å². The molecule has 0 fully saturated rings. The van der Waals surface area contributed by atoms with Crippen LogP contribution in [0.15, 0.2) is 59.0 Å². The maximum Gasteiger partial charge on any atom is 0.247 e. The van der Waals surface area contributed by atoms with Gasteiger partial charge in [-0.05, 0) is 38.6 Å². The van der Waals surface area contributed by atoms with Crippen molar-refractivity contribution >= 4 is 0 Å². The van der Waals surface area contributed by atoms with E-state index in [0.717, 1.165) is 5.56 Å². The number of aryl methyl sites for hydroxylation is 1. The maximum absolute atomic E-state index is 5.78. The minimum atomic E-state index is 0.280. The lowest BCUT2D eigenvalue weighted by molar-refractivity contribution is 0.228. The van der Waals surface area contributed by atoms with Gasteiger partial charge in [-0.3, -0.25) is 4.90 Å². The van der Waals surface area contributed by atoms with Gasteiger partial charge in [0.15, 0.2) is 0 Å². The number of hydrogen-bond donors (Lipinski definition) is 0. The lowest BCUT2D eigenvalue weighted by Gasteiger charge is -2.23. The predicted molar refractivity (Wildman–Crippen MR) is 90.8 cm³/mol. The van der Waals surface area contributed by atoms with Gasteiger partial charge in [-0.1, -0.05) is 48.0 Å². The van der Waals surface area contributed by atoms with Crippen LogP contribution in [0.4, 0.5) is 0 Å². The zero-order valence-corrected chi connectivity index (χ0v) is 13.7. The van der Waals surface area contributed by atoms with Gasteiger partial charge in [-0.2, -0.15) is 0 Å². The third-order valence-electron chi connectivity index (χ3n) is 4.09. The lowest BCUT2D eigenvalue weighted by Crippen LogP contribution is -2.22. The molecule has 0 amide bonds. The van der Waals surface area contributed by atoms with Crippen LogP contribution in [0.3, 0.4) is 0 Å². The molecule has 0 spiro atoms. The maximum atomic E-state index is 5.78. The van der Waals surface area contributed by atoms with Crippen molar-refractivity contribution in [3.63, 3.8) is 0 Å². The smallest absolute Gasteiger partial charge is 0.247 e. The second kappa shape index (κ2) is 6.75. The number of hydrogen-bond acceptors (Lipinski definition) is 4. The molecular formula is C19H21N3O. The molecule has 0 aliphatic rings. The average molecular weight is 307 g/mol. The summed E-state index contributed by atoms with van der Waals surface area (Å²) in [6.07, 6.45) is 0. The van der Waals surface area contributed by atoms with Crippen LogP contribution in [-0.4, -0.2) is 22.1 Å². The van der Waals surface area contributed by atoms with E-state index >= 15 is 0 Å². The van der Waals surface area contributed by atoms with Crippen LogP contribution in [0.25, 0.3) is 11.5 Å². The first-order valence-corrected chi connectivity index (χ1v) is 7.78. The first-order valence-electron chi connectivity index (χ1n) is 7.78. The fourth-order valence-corrected chi connectivity index (χ4v) is 2.46. The van der Waals surface area contributed by atoms with E-state index in [1.54, 1.807) is 0 Å². The van der Waals surface area contributed by atoms with Crippen LogP contribution in [0.2, 0.25) is 0 Å². The molecule has 1 atom stereocenters. The Morgan fingerprint density at radius 2 is 1.70 bits per heavy atom. The highest BCUT2D eigenvalue weighted by Gasteiger charge is 2.15. The molecule has 0 aliphatic heterocycles. The molecule has 0 saturated heterocycles. The van der Waals surface area contributed by atoms with Gasteiger partial charge in [-0.25, -0.2) is 0 Å². The Kier molecular flexibility index (Phi) is 4.53. The van der Waals surface area contributed by atoms with Crippen molar-refractivity contribution < 1.29 is 4.42 Å². The molecule has 4 heteroatoms. The van der Waals surface area contributed by atoms with Gasteiger partial charge in [0.05, 0.1) is 6.54 Å². The molecule has 23 heavy (non-hydrogen) atoms. The van der Waals surface area contributed by atoms with E-state index < -0.39 is 0 Å². The highest BCUT2D eigenvalue weighted by atomic mass is 16.4. The largest absolute Gasteiger partial charge is 0.419 e. The van der Waals surface area contributed by atoms with Gasteiger partial charge in [0.2, 0.25) is 11.8 Å². The summed E-state index contributed by atoms with van der Waals surface area (Å²) in [7, 11) is 2.07. The minimum absolute atomic E-state index is 0.280. The van der Waals surface area contributed by atoms with Crippen molar-refractivity contribution in [2.45, 2.75) is 26.4 Å². The SMILES string of the molecule is Cc1ccc([C@@H](C)N(C)Cc2nnc(-c3ccccc3)o2)cc1. The molecule has 1 aromatic heterocycles. The zero-order chi connectivity index (χ0) is 16.2. The van der Waals surface area contributed by atoms with Crippen LogP contribution in [0, 0.1) is 6.92 Å². The van der Waals surface area contributed by atoms with Crippen molar-refractivity contribution in [3.8, 4) is 11.5 Å². The van der Waals surface area contributed by atoms with Crippen LogP contribution in [-0.2, 0) is 6.54 Å². The minimum Gasteiger partial charge on any atom is -0.419 e. The fourth-order valence-electron chi connectivity index (χ4n) is 2.46. The number of rotatable bonds is 5. The molecule has 0 bridgehead atoms. The molecule has 3 aromatic rings. The highest BCUT2D eigenvalue weighted by molar-refractivity contribution is 5.51. The fraction of sp³-hybridized carbons (Fsp3) is 0.263. The monoisotopic (exact) mass is 307 g/mol. The third kappa shape index (κ3) is 3.66. The summed E-state index contributed by atoms with van der Waals surface area (Å²) in [5, 5.41) is 8.30. The molecule has 0 aliphatic carbocycles. The predicted octanol–water partition coefficient (Wildman–Crippen LogP) is 4.24. The Morgan fingerprint density at radius 1 is 1.00 bits per heavy atom. The Bertz CT molecular complexity index is 750. The molecule has 2 aromatic carbocycles. The summed E-state index contributed by atoms with van der Waals surface area (Å²) < 4.78 is 5.78. The molecule has 0 N–H and O–H groups in total. The lowest BCUT2D eigenvalue weighted by atomic mass is 10.1. The summed E-state index contributed by atoms with van der Waals surface area (Å²) in [5.41, 5.74) is 3.49. The molecule has 3 rings (SSSR count). The molecule has 0 saturated carbocycles. The summed E-state index contributed by atoms with van der Waals surface area (Å²) in [5.74, 6) is 1.20. The van der Waals surface area contributed by atoms with Crippen LogP contribution in [0.5, 0.6) is 0 Å². The van der Waals surface area contributed by atoms with Crippen LogP contribution >= 0.6 is 0 Å². The number of aromatic nitrogens is 2. The second-order valence-corrected chi connectivity index (χ2v) is 5.87. The van der Waals surface area contributed by atoms with E-state index in [9.17, 15) is 0 Å². The van der Waals surface area contributed by atoms with Gasteiger partial charge < -0.3 is 4.42 Å². The quantitative estimate of drug-likeness (QED) is 0.707. The van der Waals surface area contributed by atoms with Gasteiger partial charge in [-0.15, -0.1) is 10.2 Å². The summed E-state index contributed by atoms with van der Waals surface area (Å²) in [6.45, 7) is 4.90. The van der Waals surface area contributed by atoms with Crippen molar-refractivity contribution in [3.05, 3.63) is 71.6 Å². The Hall–Kier alpha value is -2.46. The van der Waals surface area contributed by atoms with E-state index in [1.807, 2.05) is 30.3 Å². The second-order valence-electron chi connectivity index (χ2n) is 5.87. The Balaban J connectivity index is 1.69. The topological polar surface area (TPSA) is 42.2 Å². The van der Waals surface area contributed by atoms with Crippen LogP contribution in [0.1, 0.15) is 30.0 Å². The van der Waals surface area contributed by atoms with Crippen molar-refractivity contribution in [1.29, 1.82) is 0 Å². The number of nitrogens with zero attached hydrogens (tertiary/aromatic N) is 3. The highest BCUT2D eigenvalue weighted by Crippen LogP contribution is 2.22. The van der Waals surface area contributed by atoms with Crippen molar-refractivity contribution in [1.82, 2.24) is 15.1 Å². The van der Waals surface area contributed by atoms with E-state index in [2.05, 4.69) is 60.3 Å². The first kappa shape index (κ1) is 15.4. The average Bonchev–Trinajstić information content (AvgIpc) is 3.04. The van der Waals surface area contributed by atoms with E-state index in [0.29, 0.717) is 18.3 Å². The van der Waals surface area contributed by atoms with Gasteiger partial charge in [0.25, 0.3) is 0 Å². The van der Waals surface area contributed by atoms with Gasteiger partial charge >= 0.3 is 0 Å². The third-order valence-corrected chi connectivity index (χ3v) is 4.09. The van der Waals surface area contributed by atoms with E-state index in [-0.39, 0.29) is 6.04 Å². The standard InChI is InChI=1S/C19H21N3O/c1-14-9-11-16(12-10-14)15(2)22(3)13-18-20-21-19(23-18)17-7-5-4-6-8-17/h4-12,15H,13H2,1-3H3/t15-/m1/s1. The van der Waals surface area contributed by atoms with Crippen molar-refractivity contribution in [2.24, 2.45) is 0 Å². The van der Waals surface area contributed by atoms with Crippen molar-refractivity contribution in [2.75, 3.05) is 7.05 Å². The summed E-state index contributed by atoms with van der Waals surface area (Å²) in [6, 6.07) is 18.7. The molecule has 4 nitrogen and oxygen atoms in total. The summed E-state index contributed by atoms with van der Waals surface area (Å²) >= 11 is 0. The molecule has 0 radical (unpaired) electrons.